The van der Waals surface area contributed by atoms with Crippen molar-refractivity contribution in [3.05, 3.63) is 83.7 Å². The van der Waals surface area contributed by atoms with Gasteiger partial charge in [-0.1, -0.05) is 60.7 Å². The molecule has 0 aliphatic heterocycles. The van der Waals surface area contributed by atoms with Gasteiger partial charge >= 0.3 is 0 Å². The summed E-state index contributed by atoms with van der Waals surface area (Å²) in [6, 6.07) is 19.0. The van der Waals surface area contributed by atoms with E-state index < -0.39 is 0 Å². The first kappa shape index (κ1) is 15.1. The third-order valence-corrected chi connectivity index (χ3v) is 4.96. The van der Waals surface area contributed by atoms with E-state index in [-0.39, 0.29) is 11.6 Å². The summed E-state index contributed by atoms with van der Waals surface area (Å²) >= 11 is 0. The van der Waals surface area contributed by atoms with Gasteiger partial charge in [0.1, 0.15) is 0 Å². The van der Waals surface area contributed by atoms with Gasteiger partial charge in [0.15, 0.2) is 0 Å². The van der Waals surface area contributed by atoms with Crippen LogP contribution in [0, 0.1) is 0 Å². The van der Waals surface area contributed by atoms with Crippen molar-refractivity contribution in [1.82, 2.24) is 4.98 Å². The Bertz CT molecular complexity index is 899. The monoisotopic (exact) mass is 315 g/mol. The smallest absolute Gasteiger partial charge is 0.0674 e. The summed E-state index contributed by atoms with van der Waals surface area (Å²) in [6.45, 7) is 0. The zero-order valence-electron chi connectivity index (χ0n) is 13.5. The second kappa shape index (κ2) is 5.86. The van der Waals surface area contributed by atoms with E-state index in [0.717, 1.165) is 17.5 Å². The van der Waals surface area contributed by atoms with Crippen LogP contribution in [-0.2, 0) is 5.41 Å². The maximum absolute atomic E-state index is 6.08. The molecule has 0 saturated carbocycles. The molecule has 1 heterocycles. The highest BCUT2D eigenvalue weighted by molar-refractivity contribution is 5.89. The Hall–Kier alpha value is -2.49. The van der Waals surface area contributed by atoms with Gasteiger partial charge in [0.05, 0.1) is 11.9 Å². The summed E-state index contributed by atoms with van der Waals surface area (Å²) in [7, 11) is 0. The number of pyridine rings is 1. The molecule has 1 unspecified atom stereocenters. The van der Waals surface area contributed by atoms with Gasteiger partial charge in [0, 0.05) is 17.0 Å². The zero-order valence-corrected chi connectivity index (χ0v) is 13.5. The largest absolute Gasteiger partial charge is 0.316 e. The van der Waals surface area contributed by atoms with Crippen molar-refractivity contribution in [1.29, 1.82) is 0 Å². The number of nitrogens with zero attached hydrogens (tertiary/aromatic N) is 1. The highest BCUT2D eigenvalue weighted by atomic mass is 14.9. The van der Waals surface area contributed by atoms with Crippen LogP contribution in [0.1, 0.15) is 29.7 Å². The topological polar surface area (TPSA) is 64.9 Å². The summed E-state index contributed by atoms with van der Waals surface area (Å²) in [5.74, 6) is 0. The Morgan fingerprint density at radius 2 is 1.75 bits per heavy atom. The van der Waals surface area contributed by atoms with Crippen LogP contribution < -0.4 is 11.5 Å². The van der Waals surface area contributed by atoms with E-state index in [0.29, 0.717) is 6.42 Å². The summed E-state index contributed by atoms with van der Waals surface area (Å²) < 4.78 is 0. The van der Waals surface area contributed by atoms with Crippen LogP contribution in [0.3, 0.4) is 0 Å². The minimum absolute atomic E-state index is 0.243. The summed E-state index contributed by atoms with van der Waals surface area (Å²) in [5.41, 5.74) is 15.4. The van der Waals surface area contributed by atoms with E-state index in [1.807, 2.05) is 18.3 Å². The lowest BCUT2D eigenvalue weighted by molar-refractivity contribution is 0.426. The fourth-order valence-corrected chi connectivity index (χ4v) is 4.01. The van der Waals surface area contributed by atoms with Crippen LogP contribution in [0.5, 0.6) is 0 Å². The number of hydrogen-bond donors (Lipinski definition) is 2. The average Bonchev–Trinajstić information content (AvgIpc) is 2.62. The van der Waals surface area contributed by atoms with Crippen LogP contribution in [0.25, 0.3) is 16.8 Å². The van der Waals surface area contributed by atoms with Crippen LogP contribution in [0.4, 0.5) is 0 Å². The van der Waals surface area contributed by atoms with Gasteiger partial charge in [-0.15, -0.1) is 0 Å². The van der Waals surface area contributed by atoms with Crippen molar-refractivity contribution in [2.24, 2.45) is 11.5 Å². The first-order valence-corrected chi connectivity index (χ1v) is 8.32. The third kappa shape index (κ3) is 2.33. The Labute approximate surface area is 142 Å². The van der Waals surface area contributed by atoms with Gasteiger partial charge in [-0.3, -0.25) is 4.98 Å². The molecule has 3 nitrogen and oxygen atoms in total. The molecule has 0 bridgehead atoms. The number of benzene rings is 2. The van der Waals surface area contributed by atoms with Crippen LogP contribution in [-0.4, -0.2) is 11.1 Å². The van der Waals surface area contributed by atoms with Crippen LogP contribution in [0.2, 0.25) is 0 Å². The molecule has 1 aromatic heterocycles. The molecule has 120 valence electrons. The summed E-state index contributed by atoms with van der Waals surface area (Å²) in [5, 5.41) is 2.38. The molecule has 2 aromatic carbocycles. The number of rotatable bonds is 3. The molecule has 4 rings (SSSR count). The van der Waals surface area contributed by atoms with Crippen molar-refractivity contribution in [2.45, 2.75) is 24.4 Å². The Morgan fingerprint density at radius 3 is 2.54 bits per heavy atom. The number of nitrogens with two attached hydrogens (primary N) is 2. The molecule has 0 fully saturated rings. The third-order valence-electron chi connectivity index (χ3n) is 4.96. The maximum atomic E-state index is 6.08. The molecule has 3 heteroatoms. The van der Waals surface area contributed by atoms with E-state index in [1.165, 1.54) is 16.5 Å². The lowest BCUT2D eigenvalue weighted by atomic mass is 9.65. The molecule has 0 amide bonds. The SMILES string of the molecule is NC(N)CC1(c2ccccc2)CC=Cc2ncc3ccccc3c21. The molecule has 0 spiro atoms. The van der Waals surface area contributed by atoms with E-state index >= 15 is 0 Å². The second-order valence-electron chi connectivity index (χ2n) is 6.53. The lowest BCUT2D eigenvalue weighted by Gasteiger charge is -2.39. The molecule has 4 N–H and O–H groups in total. The first-order chi connectivity index (χ1) is 11.7. The van der Waals surface area contributed by atoms with Crippen molar-refractivity contribution in [3.8, 4) is 0 Å². The van der Waals surface area contributed by atoms with Gasteiger partial charge in [-0.25, -0.2) is 0 Å². The molecule has 1 atom stereocenters. The van der Waals surface area contributed by atoms with Crippen molar-refractivity contribution in [2.75, 3.05) is 0 Å². The molecular weight excluding hydrogens is 294 g/mol. The minimum atomic E-state index is -0.386. The Balaban J connectivity index is 2.07. The zero-order chi connectivity index (χ0) is 16.6. The highest BCUT2D eigenvalue weighted by Crippen LogP contribution is 2.46. The quantitative estimate of drug-likeness (QED) is 0.726. The average molecular weight is 315 g/mol. The van der Waals surface area contributed by atoms with Crippen molar-refractivity contribution < 1.29 is 0 Å². The predicted molar refractivity (Wildman–Crippen MR) is 99.4 cm³/mol. The molecular formula is C21H21N3. The standard InChI is InChI=1S/C21H21N3/c22-19(23)13-21(16-8-2-1-3-9-16)12-6-11-18-20(21)17-10-5-4-7-15(17)14-24-18/h1-11,14,19H,12-13,22-23H2. The predicted octanol–water partition coefficient (Wildman–Crippen LogP) is 3.57. The van der Waals surface area contributed by atoms with Gasteiger partial charge in [-0.05, 0) is 35.4 Å². The maximum Gasteiger partial charge on any atom is 0.0674 e. The molecule has 24 heavy (non-hydrogen) atoms. The normalized spacial score (nSPS) is 19.6. The number of allylic oxidation sites excluding steroid dienone is 1. The van der Waals surface area contributed by atoms with Crippen molar-refractivity contribution >= 4 is 16.8 Å². The van der Waals surface area contributed by atoms with E-state index in [9.17, 15) is 0 Å². The van der Waals surface area contributed by atoms with Gasteiger partial charge in [0.2, 0.25) is 0 Å². The number of hydrogen-bond acceptors (Lipinski definition) is 3. The van der Waals surface area contributed by atoms with Crippen LogP contribution in [0.15, 0.2) is 66.9 Å². The molecule has 1 aliphatic rings. The Kier molecular flexibility index (Phi) is 3.68. The Morgan fingerprint density at radius 1 is 1.00 bits per heavy atom. The van der Waals surface area contributed by atoms with Gasteiger partial charge < -0.3 is 11.5 Å². The van der Waals surface area contributed by atoms with Crippen LogP contribution >= 0.6 is 0 Å². The summed E-state index contributed by atoms with van der Waals surface area (Å²) in [6.07, 6.45) is 7.43. The molecule has 1 aliphatic carbocycles. The fourth-order valence-electron chi connectivity index (χ4n) is 4.01. The lowest BCUT2D eigenvalue weighted by Crippen LogP contribution is -2.42. The number of fused-ring (bicyclic) bond motifs is 3. The fraction of sp³-hybridized carbons (Fsp3) is 0.190. The van der Waals surface area contributed by atoms with E-state index in [2.05, 4.69) is 54.6 Å². The molecule has 0 saturated heterocycles. The van der Waals surface area contributed by atoms with E-state index in [4.69, 9.17) is 16.5 Å². The summed E-state index contributed by atoms with van der Waals surface area (Å²) in [4.78, 5) is 4.71. The minimum Gasteiger partial charge on any atom is -0.316 e. The molecule has 3 aromatic rings. The second-order valence-corrected chi connectivity index (χ2v) is 6.53. The number of aromatic nitrogens is 1. The first-order valence-electron chi connectivity index (χ1n) is 8.32. The molecule has 0 radical (unpaired) electrons. The van der Waals surface area contributed by atoms with Gasteiger partial charge in [0.25, 0.3) is 0 Å². The van der Waals surface area contributed by atoms with Gasteiger partial charge in [-0.2, -0.15) is 0 Å². The van der Waals surface area contributed by atoms with Crippen molar-refractivity contribution in [3.63, 3.8) is 0 Å². The highest BCUT2D eigenvalue weighted by Gasteiger charge is 2.39. The van der Waals surface area contributed by atoms with E-state index in [1.54, 1.807) is 0 Å².